The first-order chi connectivity index (χ1) is 12.5. The number of amides is 1. The van der Waals surface area contributed by atoms with Crippen LogP contribution in [0.25, 0.3) is 0 Å². The van der Waals surface area contributed by atoms with E-state index in [1.165, 1.54) is 16.9 Å². The third kappa shape index (κ3) is 4.60. The maximum atomic E-state index is 12.5. The van der Waals surface area contributed by atoms with Crippen LogP contribution in [0.3, 0.4) is 0 Å². The molecule has 0 spiro atoms. The van der Waals surface area contributed by atoms with Crippen molar-refractivity contribution in [3.63, 3.8) is 0 Å². The number of carboxylic acid groups (broad SMARTS) is 1. The largest absolute Gasteiger partial charge is 0.481 e. The van der Waals surface area contributed by atoms with E-state index in [4.69, 9.17) is 5.11 Å². The molecule has 0 saturated carbocycles. The molecule has 1 aromatic carbocycles. The number of rotatable bonds is 6. The fraction of sp³-hybridized carbons (Fsp3) is 0.421. The number of nitrogens with zero attached hydrogens (tertiary/aromatic N) is 2. The van der Waals surface area contributed by atoms with Gasteiger partial charge in [0.1, 0.15) is 0 Å². The van der Waals surface area contributed by atoms with Gasteiger partial charge in [0.05, 0.1) is 18.0 Å². The Labute approximate surface area is 156 Å². The minimum Gasteiger partial charge on any atom is -0.481 e. The van der Waals surface area contributed by atoms with Crippen molar-refractivity contribution in [2.24, 2.45) is 5.92 Å². The van der Waals surface area contributed by atoms with E-state index in [1.54, 1.807) is 4.90 Å². The van der Waals surface area contributed by atoms with Gasteiger partial charge >= 0.3 is 5.97 Å². The molecule has 6 nitrogen and oxygen atoms in total. The Hall–Kier alpha value is -2.41. The molecule has 1 unspecified atom stereocenters. The fourth-order valence-corrected chi connectivity index (χ4v) is 3.80. The molecule has 1 amide bonds. The quantitative estimate of drug-likeness (QED) is 0.812. The lowest BCUT2D eigenvalue weighted by Gasteiger charge is -2.30. The van der Waals surface area contributed by atoms with Gasteiger partial charge in [0.15, 0.2) is 5.13 Å². The zero-order valence-electron chi connectivity index (χ0n) is 14.8. The molecule has 1 fully saturated rings. The van der Waals surface area contributed by atoms with E-state index in [-0.39, 0.29) is 12.3 Å². The van der Waals surface area contributed by atoms with Crippen LogP contribution < -0.4 is 5.32 Å². The number of carbonyl (C=O) groups is 2. The number of aliphatic carboxylic acids is 1. The molecule has 2 N–H and O–H groups in total. The predicted molar refractivity (Wildman–Crippen MR) is 102 cm³/mol. The number of anilines is 2. The van der Waals surface area contributed by atoms with Gasteiger partial charge in [0.25, 0.3) is 0 Å². The van der Waals surface area contributed by atoms with Crippen LogP contribution in [-0.4, -0.2) is 40.0 Å². The van der Waals surface area contributed by atoms with Crippen molar-refractivity contribution >= 4 is 34.0 Å². The van der Waals surface area contributed by atoms with Crippen molar-refractivity contribution in [3.8, 4) is 0 Å². The van der Waals surface area contributed by atoms with Crippen molar-refractivity contribution in [1.29, 1.82) is 0 Å². The summed E-state index contributed by atoms with van der Waals surface area (Å²) in [7, 11) is 0. The van der Waals surface area contributed by atoms with E-state index in [2.05, 4.69) is 29.4 Å². The topological polar surface area (TPSA) is 82.5 Å². The van der Waals surface area contributed by atoms with Gasteiger partial charge in [0, 0.05) is 24.2 Å². The molecule has 0 radical (unpaired) electrons. The second-order valence-corrected chi connectivity index (χ2v) is 7.37. The van der Waals surface area contributed by atoms with Crippen LogP contribution in [0.1, 0.15) is 31.0 Å². The highest BCUT2D eigenvalue weighted by molar-refractivity contribution is 7.13. The number of aryl methyl sites for hydroxylation is 1. The zero-order chi connectivity index (χ0) is 18.5. The first kappa shape index (κ1) is 18.4. The standard InChI is InChI=1S/C19H23N3O3S/c1-2-13-5-7-15(8-6-13)20-19-21-16(12-26-19)10-17(23)22-9-3-4-14(11-22)18(24)25/h5-8,12,14H,2-4,9-11H2,1H3,(H,20,21)(H,24,25). The summed E-state index contributed by atoms with van der Waals surface area (Å²) in [6.45, 7) is 3.04. The first-order valence-corrected chi connectivity index (χ1v) is 9.74. The summed E-state index contributed by atoms with van der Waals surface area (Å²) in [5, 5.41) is 15.0. The van der Waals surface area contributed by atoms with E-state index in [0.717, 1.165) is 23.7 Å². The van der Waals surface area contributed by atoms with Crippen LogP contribution in [0.15, 0.2) is 29.6 Å². The summed E-state index contributed by atoms with van der Waals surface area (Å²) in [6.07, 6.45) is 2.59. The van der Waals surface area contributed by atoms with Crippen LogP contribution >= 0.6 is 11.3 Å². The monoisotopic (exact) mass is 373 g/mol. The van der Waals surface area contributed by atoms with E-state index < -0.39 is 11.9 Å². The number of hydrogen-bond acceptors (Lipinski definition) is 5. The molecule has 1 aliphatic rings. The smallest absolute Gasteiger partial charge is 0.308 e. The normalized spacial score (nSPS) is 17.1. The minimum absolute atomic E-state index is 0.0555. The molecular weight excluding hydrogens is 350 g/mol. The molecule has 26 heavy (non-hydrogen) atoms. The Kier molecular flexibility index (Phi) is 5.88. The number of benzene rings is 1. The third-order valence-electron chi connectivity index (χ3n) is 4.62. The highest BCUT2D eigenvalue weighted by Crippen LogP contribution is 2.23. The van der Waals surface area contributed by atoms with Gasteiger partial charge in [-0.15, -0.1) is 11.3 Å². The first-order valence-electron chi connectivity index (χ1n) is 8.86. The zero-order valence-corrected chi connectivity index (χ0v) is 15.6. The number of thiazole rings is 1. The Morgan fingerprint density at radius 3 is 2.81 bits per heavy atom. The summed E-state index contributed by atoms with van der Waals surface area (Å²) < 4.78 is 0. The lowest BCUT2D eigenvalue weighted by molar-refractivity contribution is -0.145. The maximum absolute atomic E-state index is 12.5. The second-order valence-electron chi connectivity index (χ2n) is 6.51. The minimum atomic E-state index is -0.822. The molecule has 0 aliphatic carbocycles. The predicted octanol–water partition coefficient (Wildman–Crippen LogP) is 3.31. The number of likely N-dealkylation sites (tertiary alicyclic amines) is 1. The van der Waals surface area contributed by atoms with Crippen LogP contribution in [0.2, 0.25) is 0 Å². The molecule has 2 heterocycles. The van der Waals surface area contributed by atoms with Crippen molar-refractivity contribution in [2.75, 3.05) is 18.4 Å². The van der Waals surface area contributed by atoms with Gasteiger partial charge in [-0.1, -0.05) is 19.1 Å². The van der Waals surface area contributed by atoms with Gasteiger partial charge in [-0.2, -0.15) is 0 Å². The van der Waals surface area contributed by atoms with Gasteiger partial charge < -0.3 is 15.3 Å². The van der Waals surface area contributed by atoms with Crippen LogP contribution in [0.5, 0.6) is 0 Å². The number of carboxylic acids is 1. The van der Waals surface area contributed by atoms with Crippen molar-refractivity contribution in [3.05, 3.63) is 40.9 Å². The average Bonchev–Trinajstić information content (AvgIpc) is 3.09. The van der Waals surface area contributed by atoms with Gasteiger partial charge in [0.2, 0.25) is 5.91 Å². The van der Waals surface area contributed by atoms with E-state index >= 15 is 0 Å². The highest BCUT2D eigenvalue weighted by Gasteiger charge is 2.28. The molecule has 1 aliphatic heterocycles. The number of nitrogens with one attached hydrogen (secondary N) is 1. The van der Waals surface area contributed by atoms with E-state index in [1.807, 2.05) is 17.5 Å². The second kappa shape index (κ2) is 8.31. The Morgan fingerprint density at radius 1 is 1.35 bits per heavy atom. The third-order valence-corrected chi connectivity index (χ3v) is 5.43. The summed E-state index contributed by atoms with van der Waals surface area (Å²) in [6, 6.07) is 8.20. The molecule has 3 rings (SSSR count). The molecule has 1 aromatic heterocycles. The van der Waals surface area contributed by atoms with Crippen molar-refractivity contribution in [1.82, 2.24) is 9.88 Å². The van der Waals surface area contributed by atoms with E-state index in [0.29, 0.717) is 25.2 Å². The number of hydrogen-bond donors (Lipinski definition) is 2. The Bertz CT molecular complexity index is 773. The summed E-state index contributed by atoms with van der Waals surface area (Å²) >= 11 is 1.46. The summed E-state index contributed by atoms with van der Waals surface area (Å²) in [5.74, 6) is -1.33. The molecule has 2 aromatic rings. The van der Waals surface area contributed by atoms with Gasteiger partial charge in [-0.3, -0.25) is 9.59 Å². The summed E-state index contributed by atoms with van der Waals surface area (Å²) in [5.41, 5.74) is 2.96. The Morgan fingerprint density at radius 2 is 2.12 bits per heavy atom. The number of piperidine rings is 1. The fourth-order valence-electron chi connectivity index (χ4n) is 3.06. The van der Waals surface area contributed by atoms with Crippen LogP contribution in [0.4, 0.5) is 10.8 Å². The molecule has 7 heteroatoms. The van der Waals surface area contributed by atoms with Gasteiger partial charge in [-0.25, -0.2) is 4.98 Å². The molecule has 1 atom stereocenters. The lowest BCUT2D eigenvalue weighted by Crippen LogP contribution is -2.43. The number of aromatic nitrogens is 1. The molecule has 0 bridgehead atoms. The van der Waals surface area contributed by atoms with Crippen molar-refractivity contribution < 1.29 is 14.7 Å². The average molecular weight is 373 g/mol. The molecule has 1 saturated heterocycles. The molecular formula is C19H23N3O3S. The van der Waals surface area contributed by atoms with Crippen molar-refractivity contribution in [2.45, 2.75) is 32.6 Å². The SMILES string of the molecule is CCc1ccc(Nc2nc(CC(=O)N3CCCC(C(=O)O)C3)cs2)cc1. The Balaban J connectivity index is 1.57. The maximum Gasteiger partial charge on any atom is 0.308 e. The van der Waals surface area contributed by atoms with Gasteiger partial charge in [-0.05, 0) is 37.0 Å². The van der Waals surface area contributed by atoms with Crippen LogP contribution in [0, 0.1) is 5.92 Å². The highest BCUT2D eigenvalue weighted by atomic mass is 32.1. The molecule has 138 valence electrons. The lowest BCUT2D eigenvalue weighted by atomic mass is 9.98. The number of carbonyl (C=O) groups excluding carboxylic acids is 1. The van der Waals surface area contributed by atoms with Crippen LogP contribution in [-0.2, 0) is 22.4 Å². The summed E-state index contributed by atoms with van der Waals surface area (Å²) in [4.78, 5) is 29.7. The van der Waals surface area contributed by atoms with E-state index in [9.17, 15) is 9.59 Å².